The number of anilines is 8. The second-order valence-electron chi connectivity index (χ2n) is 39.5. The molecule has 20 heterocycles. The van der Waals surface area contributed by atoms with E-state index in [2.05, 4.69) is 63.2 Å². The fraction of sp³-hybridized carbons (Fsp3) is 0.474. The highest BCUT2D eigenvalue weighted by Gasteiger charge is 2.69. The van der Waals surface area contributed by atoms with Gasteiger partial charge >= 0.3 is 48.5 Å². The summed E-state index contributed by atoms with van der Waals surface area (Å²) in [5.41, 5.74) is -4.80. The number of nitrogens with one attached hydrogen (secondary N) is 8. The average molecular weight is 2040 g/mol. The van der Waals surface area contributed by atoms with Gasteiger partial charge in [-0.25, -0.2) is 60.8 Å². The highest BCUT2D eigenvalue weighted by Crippen LogP contribution is 2.57. The smallest absolute Gasteiger partial charge is 0.416 e. The van der Waals surface area contributed by atoms with E-state index in [4.69, 9.17) is 56.0 Å². The van der Waals surface area contributed by atoms with Crippen molar-refractivity contribution >= 4 is 186 Å². The number of imide groups is 8. The van der Waals surface area contributed by atoms with E-state index in [1.54, 1.807) is 78.5 Å². The molecule has 0 radical (unpaired) electrons. The Bertz CT molecular complexity index is 7010. The van der Waals surface area contributed by atoms with Crippen molar-refractivity contribution in [1.29, 1.82) is 0 Å². The van der Waals surface area contributed by atoms with Gasteiger partial charge in [0.2, 0.25) is 69.6 Å². The van der Waals surface area contributed by atoms with Crippen LogP contribution in [0.5, 0.6) is 0 Å². The van der Waals surface area contributed by atoms with Crippen molar-refractivity contribution in [2.75, 3.05) is 91.8 Å². The number of urea groups is 4. The molecule has 0 aliphatic carbocycles. The van der Waals surface area contributed by atoms with Crippen molar-refractivity contribution in [2.45, 2.75) is 212 Å². The molecule has 0 unspecified atom stereocenters. The Morgan fingerprint density at radius 1 is 0.327 bits per heavy atom. The topological polar surface area (TPSA) is 573 Å². The first kappa shape index (κ1) is 96.1. The Hall–Kier alpha value is -15.7. The quantitative estimate of drug-likeness (QED) is 0.0454. The number of hydrogen-bond acceptors (Lipinski definition) is 36. The number of benzene rings is 5. The summed E-state index contributed by atoms with van der Waals surface area (Å²) in [6.07, 6.45) is -6.13. The molecule has 12 saturated heterocycles. The zero-order chi connectivity index (χ0) is 104. The van der Waals surface area contributed by atoms with E-state index >= 15 is 17.6 Å². The Balaban J connectivity index is 0.000000111. The number of barbiturate groups is 4. The first-order chi connectivity index (χ1) is 70.2. The van der Waals surface area contributed by atoms with Crippen molar-refractivity contribution in [3.63, 3.8) is 0 Å². The minimum Gasteiger partial charge on any atom is -0.447 e. The van der Waals surface area contributed by atoms with Crippen LogP contribution in [0.4, 0.5) is 102 Å². The van der Waals surface area contributed by atoms with E-state index in [1.807, 2.05) is 71.9 Å². The average Bonchev–Trinajstić information content (AvgIpc) is 1.70. The summed E-state index contributed by atoms with van der Waals surface area (Å²) < 4.78 is 131. The van der Waals surface area contributed by atoms with Crippen molar-refractivity contribution in [2.24, 2.45) is 21.7 Å². The predicted molar refractivity (Wildman–Crippen MR) is 494 cm³/mol. The number of hydrogen-bond donors (Lipinski definition) is 8. The molecule has 48 nitrogen and oxygen atoms in total. The molecule has 52 heteroatoms. The molecule has 4 spiro atoms. The molecule has 147 heavy (non-hydrogen) atoms. The maximum atomic E-state index is 16.4. The highest BCUT2D eigenvalue weighted by atomic mass is 19.1. The Kier molecular flexibility index (Phi) is 22.7. The zero-order valence-corrected chi connectivity index (χ0v) is 80.1. The lowest BCUT2D eigenvalue weighted by molar-refractivity contribution is -0.154. The molecule has 0 saturated carbocycles. The van der Waals surface area contributed by atoms with Crippen LogP contribution in [0.15, 0.2) is 72.7 Å². The van der Waals surface area contributed by atoms with Gasteiger partial charge in [0, 0.05) is 51.9 Å². The van der Waals surface area contributed by atoms with Crippen LogP contribution in [-0.2, 0) is 102 Å². The number of carbonyl (C=O) groups is 16. The summed E-state index contributed by atoms with van der Waals surface area (Å²) in [4.78, 5) is 216. The standard InChI is InChI=1S/C27H24FN5O7.2C23H24FN5O7.C22H22FN5O7/c1-12-10-32-19-15(9-27(21(32)13(2)39-12)23(34)29-25(36)30-24(27)35)8-16-20(18(19)28)40-31-22(16)33-17(11-38-26(33)37)14-6-4-3-5-7-14;2*1-4-12-8-34-22(33)29(12)18-13-5-11-6-23(19(30)25-21(32)26-20(23)31)17-10(3)35-9(2)7-28(17)15(11)14(24)16(13)36-27-18;1-8-7-33-21(32)28(8)17-12-4-11-5-22(18(29)24-20(31)25-19(22)30)16-10(3)34-9(2)6-27(16)14(11)13(23)15(12)35-26-17/h3-8,12-13,17,21H,9-11H2,1-2H3,(H2,29,30,34,35,36);2*5,9-10,12,17H,4,6-8H2,1-3H3,(H2,25,26,30,31,32);4,8-10,16H,5-7H2,1-3H3,(H2,24,25,29,30,31)/t12-,13+,17+,21-;9-,10+,12+,17-;9-,10+,12-,17-;8-,9+,10-,16+/m1110/s1. The van der Waals surface area contributed by atoms with Gasteiger partial charge in [-0.2, -0.15) is 0 Å². The van der Waals surface area contributed by atoms with Crippen LogP contribution in [0.25, 0.3) is 43.9 Å². The molecule has 5 aromatic carbocycles. The molecular formula is C95H94F4N20O28. The summed E-state index contributed by atoms with van der Waals surface area (Å²) in [5, 5.41) is 34.5. The number of carbonyl (C=O) groups excluding carboxylic acids is 16. The first-order valence-electron chi connectivity index (χ1n) is 47.9. The van der Waals surface area contributed by atoms with E-state index in [0.29, 0.717) is 35.1 Å². The maximum absolute atomic E-state index is 16.4. The summed E-state index contributed by atoms with van der Waals surface area (Å²) in [6, 6.07) is 6.85. The van der Waals surface area contributed by atoms with Crippen LogP contribution in [0.1, 0.15) is 123 Å². The number of amides is 20. The normalized spacial score (nSPS) is 28.8. The van der Waals surface area contributed by atoms with Crippen molar-refractivity contribution < 1.29 is 150 Å². The van der Waals surface area contributed by atoms with Crippen LogP contribution >= 0.6 is 0 Å². The first-order valence-corrected chi connectivity index (χ1v) is 47.9. The summed E-state index contributed by atoms with van der Waals surface area (Å²) in [7, 11) is 0. The second-order valence-corrected chi connectivity index (χ2v) is 39.5. The van der Waals surface area contributed by atoms with Crippen molar-refractivity contribution in [3.8, 4) is 0 Å². The van der Waals surface area contributed by atoms with Crippen LogP contribution in [0.3, 0.4) is 0 Å². The molecule has 9 aromatic rings. The molecular weight excluding hydrogens is 1950 g/mol. The molecule has 20 amide bonds. The minimum absolute atomic E-state index is 0.0562. The van der Waals surface area contributed by atoms with Gasteiger partial charge < -0.3 is 75.6 Å². The van der Waals surface area contributed by atoms with E-state index in [0.717, 1.165) is 5.56 Å². The molecule has 8 N–H and O–H groups in total. The molecule has 4 aromatic heterocycles. The SMILES string of the molecule is CC[C@@H]1COC(=O)N1c1noc2c(F)c3c(cc12)CC1(C(=O)NC(=O)NC1=O)[C@H]1[C@H](C)O[C@H](C)CN31.CC[C@H]1COC(=O)N1c1noc2c(F)c3c(cc12)CC1(C(=O)NC(=O)NC1=O)[C@H]1[C@H](C)O[C@H](C)CN31.C[C@@H]1CN2c3c(cc4c(N5C(=O)OC[C@@H]5C)noc4c3F)CC3(C(=O)NC(=O)NC3=O)[C@H]2[C@H](C)O1.C[C@@H]1CN2c3c(cc4c(N5C(=O)OC[C@H]5c5ccccc5)noc4c3F)CC3(C(=O)NC(=O)NC3=O)[C@H]2[C@H](C)O1. The van der Waals surface area contributed by atoms with Gasteiger partial charge in [-0.1, -0.05) is 64.8 Å². The van der Waals surface area contributed by atoms with Gasteiger partial charge in [-0.15, -0.1) is 0 Å². The third kappa shape index (κ3) is 14.2. The molecule has 0 bridgehead atoms. The number of cyclic esters (lactones) is 4. The molecule has 12 fully saturated rings. The number of fused-ring (bicyclic) bond motifs is 20. The maximum Gasteiger partial charge on any atom is 0.416 e. The number of nitrogens with zero attached hydrogens (tertiary/aromatic N) is 12. The van der Waals surface area contributed by atoms with E-state index in [-0.39, 0.29) is 211 Å². The van der Waals surface area contributed by atoms with Crippen molar-refractivity contribution in [3.05, 3.63) is 106 Å². The fourth-order valence-electron chi connectivity index (χ4n) is 24.9. The summed E-state index contributed by atoms with van der Waals surface area (Å²) in [6.45, 7) is 20.9. The highest BCUT2D eigenvalue weighted by molar-refractivity contribution is 6.24. The van der Waals surface area contributed by atoms with Crippen LogP contribution in [0.2, 0.25) is 0 Å². The van der Waals surface area contributed by atoms with Gasteiger partial charge in [0.1, 0.15) is 32.5 Å². The molecule has 16 atom stereocenters. The van der Waals surface area contributed by atoms with E-state index in [1.165, 1.54) is 19.6 Å². The second kappa shape index (κ2) is 34.8. The lowest BCUT2D eigenvalue weighted by Crippen LogP contribution is -2.75. The third-order valence-corrected chi connectivity index (χ3v) is 30.7. The summed E-state index contributed by atoms with van der Waals surface area (Å²) >= 11 is 0. The van der Waals surface area contributed by atoms with Gasteiger partial charge in [-0.05, 0) is 127 Å². The molecule has 25 rings (SSSR count). The number of morpholine rings is 4. The Morgan fingerprint density at radius 3 is 0.837 bits per heavy atom. The lowest BCUT2D eigenvalue weighted by Gasteiger charge is -2.55. The molecule has 16 aliphatic rings. The minimum atomic E-state index is -1.78. The van der Waals surface area contributed by atoms with E-state index in [9.17, 15) is 76.7 Å². The van der Waals surface area contributed by atoms with Crippen LogP contribution < -0.4 is 81.7 Å². The van der Waals surface area contributed by atoms with Crippen LogP contribution in [-0.4, -0.2) is 260 Å². The van der Waals surface area contributed by atoms with Gasteiger partial charge in [0.05, 0.1) is 135 Å². The third-order valence-electron chi connectivity index (χ3n) is 30.7. The van der Waals surface area contributed by atoms with Crippen molar-refractivity contribution in [1.82, 2.24) is 63.2 Å². The van der Waals surface area contributed by atoms with E-state index < -0.39 is 195 Å². The zero-order valence-electron chi connectivity index (χ0n) is 80.1. The fourth-order valence-corrected chi connectivity index (χ4v) is 24.9. The predicted octanol–water partition coefficient (Wildman–Crippen LogP) is 6.94. The Morgan fingerprint density at radius 2 is 0.571 bits per heavy atom. The van der Waals surface area contributed by atoms with Gasteiger partial charge in [0.15, 0.2) is 68.2 Å². The largest absolute Gasteiger partial charge is 0.447 e. The summed E-state index contributed by atoms with van der Waals surface area (Å²) in [5.74, 6) is -8.75. The Labute approximate surface area is 826 Å². The van der Waals surface area contributed by atoms with Gasteiger partial charge in [-0.3, -0.25) is 95.6 Å². The molecule has 770 valence electrons. The number of ether oxygens (including phenoxy) is 8. The lowest BCUT2D eigenvalue weighted by atomic mass is 9.66. The number of rotatable bonds is 7. The monoisotopic (exact) mass is 2040 g/mol. The number of halogens is 4. The number of aromatic nitrogens is 4. The van der Waals surface area contributed by atoms with Crippen LogP contribution in [0, 0.1) is 44.9 Å². The molecule has 16 aliphatic heterocycles. The van der Waals surface area contributed by atoms with Gasteiger partial charge in [0.25, 0.3) is 0 Å².